The quantitative estimate of drug-likeness (QED) is 0.275. The first kappa shape index (κ1) is 20.8. The molecule has 0 nitrogen and oxygen atoms in total. The van der Waals surface area contributed by atoms with Gasteiger partial charge in [-0.15, -0.1) is 0 Å². The third kappa shape index (κ3) is 8.61. The van der Waals surface area contributed by atoms with E-state index in [1.807, 2.05) is 0 Å². The first-order valence-corrected chi connectivity index (χ1v) is 11.6. The molecule has 0 heterocycles. The molecular weight excluding hydrogens is 300 g/mol. The molecule has 2 rings (SSSR count). The zero-order valence-electron chi connectivity index (χ0n) is 17.2. The van der Waals surface area contributed by atoms with E-state index in [0.29, 0.717) is 0 Å². The lowest BCUT2D eigenvalue weighted by molar-refractivity contribution is 0.287. The lowest BCUT2D eigenvalue weighted by Gasteiger charge is -2.27. The van der Waals surface area contributed by atoms with Crippen LogP contribution in [0.3, 0.4) is 0 Å². The zero-order valence-corrected chi connectivity index (χ0v) is 17.2. The molecule has 0 aromatic rings. The van der Waals surface area contributed by atoms with E-state index in [-0.39, 0.29) is 0 Å². The van der Waals surface area contributed by atoms with Gasteiger partial charge in [-0.25, -0.2) is 0 Å². The van der Waals surface area contributed by atoms with Crippen LogP contribution in [0.15, 0.2) is 24.3 Å². The first-order chi connectivity index (χ1) is 12.3. The summed E-state index contributed by atoms with van der Waals surface area (Å²) in [7, 11) is 0. The third-order valence-corrected chi connectivity index (χ3v) is 6.79. The van der Waals surface area contributed by atoms with E-state index >= 15 is 0 Å². The molecule has 0 spiro atoms. The van der Waals surface area contributed by atoms with Crippen LogP contribution in [0.2, 0.25) is 0 Å². The van der Waals surface area contributed by atoms with Crippen LogP contribution in [-0.2, 0) is 0 Å². The highest BCUT2D eigenvalue weighted by Gasteiger charge is 2.20. The third-order valence-electron chi connectivity index (χ3n) is 6.79. The molecular formula is C25H44. The van der Waals surface area contributed by atoms with Gasteiger partial charge in [0.15, 0.2) is 0 Å². The van der Waals surface area contributed by atoms with Crippen molar-refractivity contribution >= 4 is 0 Å². The Morgan fingerprint density at radius 1 is 0.640 bits per heavy atom. The summed E-state index contributed by atoms with van der Waals surface area (Å²) in [5.74, 6) is 3.84. The lowest BCUT2D eigenvalue weighted by atomic mass is 9.79. The zero-order chi connectivity index (χ0) is 17.7. The van der Waals surface area contributed by atoms with Gasteiger partial charge in [0.25, 0.3) is 0 Å². The molecule has 0 radical (unpaired) electrons. The van der Waals surface area contributed by atoms with E-state index in [2.05, 4.69) is 38.2 Å². The van der Waals surface area contributed by atoms with E-state index in [4.69, 9.17) is 0 Å². The van der Waals surface area contributed by atoms with Crippen molar-refractivity contribution in [2.75, 3.05) is 0 Å². The molecule has 0 amide bonds. The predicted octanol–water partition coefficient (Wildman–Crippen LogP) is 8.48. The number of hydrogen-bond acceptors (Lipinski definition) is 0. The molecule has 144 valence electrons. The van der Waals surface area contributed by atoms with Gasteiger partial charge in [-0.05, 0) is 94.3 Å². The number of unbranched alkanes of at least 4 members (excludes halogenated alkanes) is 2. The molecule has 0 aromatic carbocycles. The highest BCUT2D eigenvalue weighted by atomic mass is 14.3. The predicted molar refractivity (Wildman–Crippen MR) is 113 cm³/mol. The second-order valence-corrected chi connectivity index (χ2v) is 8.90. The molecule has 2 aliphatic rings. The van der Waals surface area contributed by atoms with Crippen LogP contribution in [0.25, 0.3) is 0 Å². The van der Waals surface area contributed by atoms with E-state index < -0.39 is 0 Å². The van der Waals surface area contributed by atoms with Gasteiger partial charge in [0, 0.05) is 0 Å². The van der Waals surface area contributed by atoms with Crippen molar-refractivity contribution in [1.29, 1.82) is 0 Å². The molecule has 25 heavy (non-hydrogen) atoms. The van der Waals surface area contributed by atoms with Crippen LogP contribution in [-0.4, -0.2) is 0 Å². The second kappa shape index (κ2) is 12.8. The summed E-state index contributed by atoms with van der Waals surface area (Å²) < 4.78 is 0. The molecule has 0 atom stereocenters. The minimum absolute atomic E-state index is 0.888. The normalized spacial score (nSPS) is 31.1. The second-order valence-electron chi connectivity index (χ2n) is 8.90. The van der Waals surface area contributed by atoms with Crippen molar-refractivity contribution in [2.45, 2.75) is 110 Å². The molecule has 2 saturated carbocycles. The Morgan fingerprint density at radius 2 is 1.20 bits per heavy atom. The minimum atomic E-state index is 0.888. The highest BCUT2D eigenvalue weighted by Crippen LogP contribution is 2.34. The van der Waals surface area contributed by atoms with Gasteiger partial charge >= 0.3 is 0 Å². The molecule has 0 N–H and O–H groups in total. The fraction of sp³-hybridized carbons (Fsp3) is 0.840. The van der Waals surface area contributed by atoms with Crippen molar-refractivity contribution in [1.82, 2.24) is 0 Å². The minimum Gasteiger partial charge on any atom is -0.0885 e. The Bertz CT molecular complexity index is 361. The molecule has 0 aliphatic heterocycles. The Hall–Kier alpha value is -0.520. The van der Waals surface area contributed by atoms with Gasteiger partial charge in [0.05, 0.1) is 0 Å². The van der Waals surface area contributed by atoms with Crippen molar-refractivity contribution < 1.29 is 0 Å². The molecule has 0 saturated heterocycles. The van der Waals surface area contributed by atoms with Crippen LogP contribution < -0.4 is 0 Å². The van der Waals surface area contributed by atoms with E-state index in [1.165, 1.54) is 96.3 Å². The SMILES string of the molecule is CC/C=C/[C@H]1CC[C@H](CC/C=C/[C@H]2CC[C@H](CCCCC)CC2)CC1. The molecule has 2 fully saturated rings. The maximum absolute atomic E-state index is 2.58. The van der Waals surface area contributed by atoms with Gasteiger partial charge < -0.3 is 0 Å². The molecule has 0 heteroatoms. The van der Waals surface area contributed by atoms with Gasteiger partial charge in [0.2, 0.25) is 0 Å². The summed E-state index contributed by atoms with van der Waals surface area (Å²) in [5, 5.41) is 0. The maximum atomic E-state index is 2.58. The molecule has 0 bridgehead atoms. The number of hydrogen-bond donors (Lipinski definition) is 0. The summed E-state index contributed by atoms with van der Waals surface area (Å²) in [6, 6.07) is 0. The smallest absolute Gasteiger partial charge is 0.0233 e. The summed E-state index contributed by atoms with van der Waals surface area (Å²) >= 11 is 0. The van der Waals surface area contributed by atoms with Crippen molar-refractivity contribution in [3.8, 4) is 0 Å². The van der Waals surface area contributed by atoms with Crippen molar-refractivity contribution in [3.63, 3.8) is 0 Å². The van der Waals surface area contributed by atoms with Crippen LogP contribution in [0.4, 0.5) is 0 Å². The standard InChI is InChI=1S/C25H44/c1-3-5-7-11-23-18-20-25(21-19-23)13-9-8-12-24-16-14-22(15-17-24)10-6-4-2/h6,9-10,13,22-25H,3-5,7-8,11-12,14-21H2,1-2H3/b10-6+,13-9+/t22-,23-,24-,25-. The summed E-state index contributed by atoms with van der Waals surface area (Å²) in [6.45, 7) is 4.56. The summed E-state index contributed by atoms with van der Waals surface area (Å²) in [5.41, 5.74) is 0. The molecule has 0 aromatic heterocycles. The average molecular weight is 345 g/mol. The van der Waals surface area contributed by atoms with Crippen molar-refractivity contribution in [2.24, 2.45) is 23.7 Å². The Balaban J connectivity index is 1.52. The van der Waals surface area contributed by atoms with Crippen LogP contribution in [0.5, 0.6) is 0 Å². The Labute approximate surface area is 158 Å². The topological polar surface area (TPSA) is 0 Å². The Kier molecular flexibility index (Phi) is 10.6. The van der Waals surface area contributed by atoms with Crippen LogP contribution in [0, 0.1) is 23.7 Å². The van der Waals surface area contributed by atoms with Gasteiger partial charge in [-0.1, -0.05) is 63.8 Å². The van der Waals surface area contributed by atoms with E-state index in [0.717, 1.165) is 23.7 Å². The summed E-state index contributed by atoms with van der Waals surface area (Å²) in [6.07, 6.45) is 31.4. The first-order valence-electron chi connectivity index (χ1n) is 11.6. The number of allylic oxidation sites excluding steroid dienone is 4. The largest absolute Gasteiger partial charge is 0.0885 e. The van der Waals surface area contributed by atoms with Gasteiger partial charge in [0.1, 0.15) is 0 Å². The number of rotatable bonds is 10. The fourth-order valence-corrected chi connectivity index (χ4v) is 4.97. The van der Waals surface area contributed by atoms with E-state index in [9.17, 15) is 0 Å². The van der Waals surface area contributed by atoms with Gasteiger partial charge in [-0.3, -0.25) is 0 Å². The maximum Gasteiger partial charge on any atom is -0.0233 e. The fourth-order valence-electron chi connectivity index (χ4n) is 4.97. The van der Waals surface area contributed by atoms with Gasteiger partial charge in [-0.2, -0.15) is 0 Å². The Morgan fingerprint density at radius 3 is 1.76 bits per heavy atom. The van der Waals surface area contributed by atoms with Crippen molar-refractivity contribution in [3.05, 3.63) is 24.3 Å². The molecule has 2 aliphatic carbocycles. The average Bonchev–Trinajstić information content (AvgIpc) is 2.66. The highest BCUT2D eigenvalue weighted by molar-refractivity contribution is 4.93. The molecule has 0 unspecified atom stereocenters. The summed E-state index contributed by atoms with van der Waals surface area (Å²) in [4.78, 5) is 0. The van der Waals surface area contributed by atoms with Crippen LogP contribution >= 0.6 is 0 Å². The van der Waals surface area contributed by atoms with Crippen LogP contribution in [0.1, 0.15) is 110 Å². The monoisotopic (exact) mass is 344 g/mol. The van der Waals surface area contributed by atoms with E-state index in [1.54, 1.807) is 0 Å². The lowest BCUT2D eigenvalue weighted by Crippen LogP contribution is -2.13.